The quantitative estimate of drug-likeness (QED) is 0.859. The van der Waals surface area contributed by atoms with E-state index in [0.717, 1.165) is 12.8 Å². The van der Waals surface area contributed by atoms with E-state index in [0.29, 0.717) is 12.0 Å². The van der Waals surface area contributed by atoms with Gasteiger partial charge in [0.05, 0.1) is 0 Å². The highest BCUT2D eigenvalue weighted by atomic mass is 19.1. The first-order valence-corrected chi connectivity index (χ1v) is 7.20. The predicted octanol–water partition coefficient (Wildman–Crippen LogP) is 3.87. The molecule has 114 valence electrons. The van der Waals surface area contributed by atoms with Gasteiger partial charge in [0.25, 0.3) is 0 Å². The van der Waals surface area contributed by atoms with Crippen molar-refractivity contribution in [2.24, 2.45) is 5.73 Å². The van der Waals surface area contributed by atoms with Crippen LogP contribution in [0.15, 0.2) is 12.1 Å². The summed E-state index contributed by atoms with van der Waals surface area (Å²) in [6, 6.07) is 2.73. The van der Waals surface area contributed by atoms with Crippen molar-refractivity contribution in [2.75, 3.05) is 11.9 Å². The molecule has 1 aromatic rings. The summed E-state index contributed by atoms with van der Waals surface area (Å²) in [5.41, 5.74) is 6.18. The molecule has 0 saturated heterocycles. The molecule has 0 aliphatic carbocycles. The van der Waals surface area contributed by atoms with Crippen LogP contribution >= 0.6 is 0 Å². The molecule has 1 unspecified atom stereocenters. The minimum Gasteiger partial charge on any atom is -0.365 e. The van der Waals surface area contributed by atoms with Crippen LogP contribution in [0.4, 0.5) is 14.5 Å². The summed E-state index contributed by atoms with van der Waals surface area (Å²) in [6.45, 7) is 7.89. The SMILES string of the molecule is CCC(N)Cc1cc(F)c(N(C)C(C)(C)CC)c(F)c1. The van der Waals surface area contributed by atoms with Crippen molar-refractivity contribution in [3.63, 3.8) is 0 Å². The van der Waals surface area contributed by atoms with Crippen molar-refractivity contribution < 1.29 is 8.78 Å². The number of nitrogens with two attached hydrogens (primary N) is 1. The zero-order chi connectivity index (χ0) is 15.5. The highest BCUT2D eigenvalue weighted by Crippen LogP contribution is 2.31. The van der Waals surface area contributed by atoms with Gasteiger partial charge in [-0.15, -0.1) is 0 Å². The molecule has 20 heavy (non-hydrogen) atoms. The van der Waals surface area contributed by atoms with Crippen LogP contribution in [0.5, 0.6) is 0 Å². The van der Waals surface area contributed by atoms with Crippen LogP contribution in [0.25, 0.3) is 0 Å². The van der Waals surface area contributed by atoms with Gasteiger partial charge >= 0.3 is 0 Å². The summed E-state index contributed by atoms with van der Waals surface area (Å²) in [6.07, 6.45) is 2.07. The maximum Gasteiger partial charge on any atom is 0.149 e. The second kappa shape index (κ2) is 6.53. The van der Waals surface area contributed by atoms with E-state index < -0.39 is 11.6 Å². The molecule has 1 aromatic carbocycles. The van der Waals surface area contributed by atoms with Crippen LogP contribution in [0.2, 0.25) is 0 Å². The smallest absolute Gasteiger partial charge is 0.149 e. The van der Waals surface area contributed by atoms with Crippen molar-refractivity contribution in [3.05, 3.63) is 29.3 Å². The molecule has 2 nitrogen and oxygen atoms in total. The van der Waals surface area contributed by atoms with E-state index in [9.17, 15) is 8.78 Å². The van der Waals surface area contributed by atoms with E-state index in [1.165, 1.54) is 12.1 Å². The van der Waals surface area contributed by atoms with Crippen molar-refractivity contribution in [3.8, 4) is 0 Å². The van der Waals surface area contributed by atoms with E-state index in [2.05, 4.69) is 0 Å². The lowest BCUT2D eigenvalue weighted by Crippen LogP contribution is -2.41. The summed E-state index contributed by atoms with van der Waals surface area (Å²) in [7, 11) is 1.72. The number of halogens is 2. The molecule has 0 aliphatic rings. The molecule has 0 heterocycles. The molecule has 1 atom stereocenters. The van der Waals surface area contributed by atoms with Crippen molar-refractivity contribution in [2.45, 2.75) is 58.5 Å². The Morgan fingerprint density at radius 2 is 1.70 bits per heavy atom. The van der Waals surface area contributed by atoms with Gasteiger partial charge in [-0.25, -0.2) is 8.78 Å². The molecule has 0 bridgehead atoms. The first-order valence-electron chi connectivity index (χ1n) is 7.20. The van der Waals surface area contributed by atoms with Gasteiger partial charge in [-0.3, -0.25) is 0 Å². The first kappa shape index (κ1) is 16.9. The van der Waals surface area contributed by atoms with Crippen molar-refractivity contribution in [1.82, 2.24) is 0 Å². The lowest BCUT2D eigenvalue weighted by Gasteiger charge is -2.37. The highest BCUT2D eigenvalue weighted by molar-refractivity contribution is 5.52. The largest absolute Gasteiger partial charge is 0.365 e. The van der Waals surface area contributed by atoms with Crippen LogP contribution < -0.4 is 10.6 Å². The Bertz CT molecular complexity index is 435. The zero-order valence-corrected chi connectivity index (χ0v) is 13.1. The molecule has 0 radical (unpaired) electrons. The second-order valence-electron chi connectivity index (χ2n) is 6.01. The van der Waals surface area contributed by atoms with Gasteiger partial charge in [0, 0.05) is 18.6 Å². The molecule has 0 aromatic heterocycles. The Morgan fingerprint density at radius 1 is 1.20 bits per heavy atom. The standard InChI is InChI=1S/C16H26F2N2/c1-6-12(19)8-11-9-13(17)15(14(18)10-11)20(5)16(3,4)7-2/h9-10,12H,6-8,19H2,1-5H3. The monoisotopic (exact) mass is 284 g/mol. The molecule has 0 spiro atoms. The van der Waals surface area contributed by atoms with E-state index in [1.54, 1.807) is 11.9 Å². The van der Waals surface area contributed by atoms with Gasteiger partial charge in [0.1, 0.15) is 17.3 Å². The third kappa shape index (κ3) is 3.69. The number of nitrogens with zero attached hydrogens (tertiary/aromatic N) is 1. The molecule has 0 aliphatic heterocycles. The van der Waals surface area contributed by atoms with Crippen LogP contribution in [0.3, 0.4) is 0 Å². The predicted molar refractivity (Wildman–Crippen MR) is 81.1 cm³/mol. The van der Waals surface area contributed by atoms with Crippen molar-refractivity contribution >= 4 is 5.69 Å². The Kier molecular flexibility index (Phi) is 5.51. The molecule has 0 amide bonds. The number of anilines is 1. The maximum atomic E-state index is 14.3. The molecule has 0 fully saturated rings. The molecule has 1 rings (SSSR count). The molecule has 2 N–H and O–H groups in total. The van der Waals surface area contributed by atoms with Crippen LogP contribution in [0.1, 0.15) is 46.1 Å². The fourth-order valence-corrected chi connectivity index (χ4v) is 2.04. The summed E-state index contributed by atoms with van der Waals surface area (Å²) in [4.78, 5) is 1.67. The lowest BCUT2D eigenvalue weighted by molar-refractivity contribution is 0.451. The maximum absolute atomic E-state index is 14.3. The normalized spacial score (nSPS) is 13.4. The van der Waals surface area contributed by atoms with Crippen molar-refractivity contribution in [1.29, 1.82) is 0 Å². The van der Waals surface area contributed by atoms with Gasteiger partial charge in [-0.05, 0) is 50.8 Å². The summed E-state index contributed by atoms with van der Waals surface area (Å²) >= 11 is 0. The van der Waals surface area contributed by atoms with E-state index in [1.807, 2.05) is 27.7 Å². The molecule has 0 saturated carbocycles. The Balaban J connectivity index is 3.12. The number of rotatable bonds is 6. The third-order valence-corrected chi connectivity index (χ3v) is 4.21. The van der Waals surface area contributed by atoms with Crippen LogP contribution in [0, 0.1) is 11.6 Å². The van der Waals surface area contributed by atoms with E-state index in [4.69, 9.17) is 5.73 Å². The average molecular weight is 284 g/mol. The minimum absolute atomic E-state index is 0.0330. The zero-order valence-electron chi connectivity index (χ0n) is 13.1. The highest BCUT2D eigenvalue weighted by Gasteiger charge is 2.26. The summed E-state index contributed by atoms with van der Waals surface area (Å²) < 4.78 is 28.5. The minimum atomic E-state index is -0.521. The third-order valence-electron chi connectivity index (χ3n) is 4.21. The first-order chi connectivity index (χ1) is 9.22. The number of hydrogen-bond acceptors (Lipinski definition) is 2. The molecular formula is C16H26F2N2. The van der Waals surface area contributed by atoms with Gasteiger partial charge in [0.2, 0.25) is 0 Å². The van der Waals surface area contributed by atoms with E-state index in [-0.39, 0.29) is 17.3 Å². The van der Waals surface area contributed by atoms with Crippen LogP contribution in [-0.2, 0) is 6.42 Å². The topological polar surface area (TPSA) is 29.3 Å². The van der Waals surface area contributed by atoms with E-state index >= 15 is 0 Å². The Morgan fingerprint density at radius 3 is 2.10 bits per heavy atom. The Labute approximate surface area is 121 Å². The summed E-state index contributed by atoms with van der Waals surface area (Å²) in [5.74, 6) is -1.04. The molecular weight excluding hydrogens is 258 g/mol. The van der Waals surface area contributed by atoms with Gasteiger partial charge in [-0.2, -0.15) is 0 Å². The van der Waals surface area contributed by atoms with Crippen LogP contribution in [-0.4, -0.2) is 18.6 Å². The fraction of sp³-hybridized carbons (Fsp3) is 0.625. The fourth-order valence-electron chi connectivity index (χ4n) is 2.04. The number of benzene rings is 1. The number of hydrogen-bond donors (Lipinski definition) is 1. The Hall–Kier alpha value is -1.16. The summed E-state index contributed by atoms with van der Waals surface area (Å²) in [5, 5.41) is 0. The van der Waals surface area contributed by atoms with Gasteiger partial charge in [-0.1, -0.05) is 13.8 Å². The van der Waals surface area contributed by atoms with Gasteiger partial charge in [0.15, 0.2) is 0 Å². The average Bonchev–Trinajstić information content (AvgIpc) is 2.37. The lowest BCUT2D eigenvalue weighted by atomic mass is 9.98. The molecule has 4 heteroatoms. The second-order valence-corrected chi connectivity index (χ2v) is 6.01. The van der Waals surface area contributed by atoms with Gasteiger partial charge < -0.3 is 10.6 Å².